The molecule has 3 rings (SSSR count). The standard InChI is InChI=1S/C17H13Cl2N3O2/c1-10-9-24-17(21-10)22-15-8-11(5-6-20-15)7-14(23)16-12(18)3-2-4-13(16)19/h2-6,8-9H,7H2,1H3,(H,20,21,22). The van der Waals surface area contributed by atoms with Gasteiger partial charge in [-0.1, -0.05) is 29.3 Å². The van der Waals surface area contributed by atoms with Gasteiger partial charge in [0.1, 0.15) is 12.1 Å². The molecule has 0 amide bonds. The van der Waals surface area contributed by atoms with E-state index >= 15 is 0 Å². The number of Topliss-reactive ketones (excluding diaryl/α,β-unsaturated/α-hetero) is 1. The average molecular weight is 362 g/mol. The largest absolute Gasteiger partial charge is 0.432 e. The third kappa shape index (κ3) is 3.75. The minimum absolute atomic E-state index is 0.158. The smallest absolute Gasteiger partial charge is 0.300 e. The summed E-state index contributed by atoms with van der Waals surface area (Å²) >= 11 is 12.2. The molecular weight excluding hydrogens is 349 g/mol. The molecule has 5 nitrogen and oxygen atoms in total. The van der Waals surface area contributed by atoms with E-state index in [2.05, 4.69) is 15.3 Å². The maximum atomic E-state index is 12.5. The van der Waals surface area contributed by atoms with E-state index in [0.29, 0.717) is 27.4 Å². The van der Waals surface area contributed by atoms with Crippen molar-refractivity contribution in [1.82, 2.24) is 9.97 Å². The molecule has 3 aromatic rings. The summed E-state index contributed by atoms with van der Waals surface area (Å²) in [6.45, 7) is 1.82. The first-order valence-electron chi connectivity index (χ1n) is 7.14. The highest BCUT2D eigenvalue weighted by atomic mass is 35.5. The van der Waals surface area contributed by atoms with Crippen molar-refractivity contribution in [3.8, 4) is 0 Å². The molecule has 2 aromatic heterocycles. The molecule has 24 heavy (non-hydrogen) atoms. The number of rotatable bonds is 5. The molecule has 0 unspecified atom stereocenters. The maximum absolute atomic E-state index is 12.5. The van der Waals surface area contributed by atoms with Crippen molar-refractivity contribution in [3.05, 3.63) is 69.7 Å². The van der Waals surface area contributed by atoms with Crippen molar-refractivity contribution in [2.75, 3.05) is 5.32 Å². The number of benzene rings is 1. The highest BCUT2D eigenvalue weighted by Gasteiger charge is 2.15. The molecule has 0 aliphatic heterocycles. The number of oxazole rings is 1. The van der Waals surface area contributed by atoms with E-state index in [4.69, 9.17) is 27.6 Å². The quantitative estimate of drug-likeness (QED) is 0.657. The Balaban J connectivity index is 1.78. The van der Waals surface area contributed by atoms with Gasteiger partial charge in [0.2, 0.25) is 0 Å². The fourth-order valence-electron chi connectivity index (χ4n) is 2.21. The van der Waals surface area contributed by atoms with Gasteiger partial charge in [0.15, 0.2) is 5.78 Å². The molecule has 1 aromatic carbocycles. The second kappa shape index (κ2) is 7.03. The second-order valence-electron chi connectivity index (χ2n) is 5.16. The summed E-state index contributed by atoms with van der Waals surface area (Å²) in [5, 5.41) is 3.63. The molecule has 0 bridgehead atoms. The number of nitrogens with one attached hydrogen (secondary N) is 1. The lowest BCUT2D eigenvalue weighted by molar-refractivity contribution is 0.0993. The Labute approximate surface area is 148 Å². The topological polar surface area (TPSA) is 68.0 Å². The van der Waals surface area contributed by atoms with Gasteiger partial charge < -0.3 is 4.42 Å². The highest BCUT2D eigenvalue weighted by Crippen LogP contribution is 2.26. The summed E-state index contributed by atoms with van der Waals surface area (Å²) in [7, 11) is 0. The number of anilines is 2. The summed E-state index contributed by atoms with van der Waals surface area (Å²) in [4.78, 5) is 20.8. The minimum Gasteiger partial charge on any atom is -0.432 e. The molecule has 0 spiro atoms. The first-order chi connectivity index (χ1) is 11.5. The van der Waals surface area contributed by atoms with Crippen LogP contribution in [-0.2, 0) is 6.42 Å². The Hall–Kier alpha value is -2.37. The number of aromatic nitrogens is 2. The van der Waals surface area contributed by atoms with Crippen molar-refractivity contribution in [1.29, 1.82) is 0 Å². The van der Waals surface area contributed by atoms with E-state index in [-0.39, 0.29) is 12.2 Å². The molecule has 1 N–H and O–H groups in total. The zero-order valence-electron chi connectivity index (χ0n) is 12.7. The zero-order chi connectivity index (χ0) is 17.1. The minimum atomic E-state index is -0.158. The fraction of sp³-hybridized carbons (Fsp3) is 0.118. The maximum Gasteiger partial charge on any atom is 0.300 e. The Morgan fingerprint density at radius 3 is 2.67 bits per heavy atom. The predicted molar refractivity (Wildman–Crippen MR) is 93.3 cm³/mol. The van der Waals surface area contributed by atoms with Crippen molar-refractivity contribution < 1.29 is 9.21 Å². The SMILES string of the molecule is Cc1coc(Nc2cc(CC(=O)c3c(Cl)cccc3Cl)ccn2)n1. The Morgan fingerprint density at radius 1 is 1.25 bits per heavy atom. The molecular formula is C17H13Cl2N3O2. The van der Waals surface area contributed by atoms with Gasteiger partial charge >= 0.3 is 0 Å². The van der Waals surface area contributed by atoms with Gasteiger partial charge in [-0.2, -0.15) is 4.98 Å². The first kappa shape index (κ1) is 16.5. The zero-order valence-corrected chi connectivity index (χ0v) is 14.2. The molecule has 7 heteroatoms. The van der Waals surface area contributed by atoms with Gasteiger partial charge in [-0.15, -0.1) is 0 Å². The van der Waals surface area contributed by atoms with Gasteiger partial charge in [0, 0.05) is 12.6 Å². The van der Waals surface area contributed by atoms with Crippen LogP contribution in [0.1, 0.15) is 21.6 Å². The van der Waals surface area contributed by atoms with Crippen LogP contribution >= 0.6 is 23.2 Å². The van der Waals surface area contributed by atoms with E-state index in [0.717, 1.165) is 11.3 Å². The Morgan fingerprint density at radius 2 is 2.00 bits per heavy atom. The second-order valence-corrected chi connectivity index (χ2v) is 5.98. The van der Waals surface area contributed by atoms with E-state index in [1.807, 2.05) is 6.92 Å². The highest BCUT2D eigenvalue weighted by molar-refractivity contribution is 6.39. The van der Waals surface area contributed by atoms with E-state index in [9.17, 15) is 4.79 Å². The Kier molecular flexibility index (Phi) is 4.83. The number of ketones is 1. The number of nitrogens with zero attached hydrogens (tertiary/aromatic N) is 2. The molecule has 0 fully saturated rings. The van der Waals surface area contributed by atoms with Crippen LogP contribution in [0.2, 0.25) is 10.0 Å². The average Bonchev–Trinajstić information content (AvgIpc) is 2.92. The lowest BCUT2D eigenvalue weighted by Crippen LogP contribution is -2.06. The number of carbonyl (C=O) groups excluding carboxylic acids is 1. The molecule has 0 saturated heterocycles. The monoisotopic (exact) mass is 361 g/mol. The molecule has 0 aliphatic rings. The number of halogens is 2. The van der Waals surface area contributed by atoms with E-state index < -0.39 is 0 Å². The first-order valence-corrected chi connectivity index (χ1v) is 7.90. The van der Waals surface area contributed by atoms with Gasteiger partial charge in [0.25, 0.3) is 6.01 Å². The van der Waals surface area contributed by atoms with Crippen molar-refractivity contribution in [2.45, 2.75) is 13.3 Å². The number of pyridine rings is 1. The molecule has 2 heterocycles. The molecule has 0 saturated carbocycles. The van der Waals surface area contributed by atoms with Crippen molar-refractivity contribution in [3.63, 3.8) is 0 Å². The number of hydrogen-bond acceptors (Lipinski definition) is 5. The van der Waals surface area contributed by atoms with E-state index in [1.165, 1.54) is 6.26 Å². The third-order valence-corrected chi connectivity index (χ3v) is 3.91. The van der Waals surface area contributed by atoms with Crippen LogP contribution in [-0.4, -0.2) is 15.8 Å². The van der Waals surface area contributed by atoms with Gasteiger partial charge in [-0.3, -0.25) is 10.1 Å². The van der Waals surface area contributed by atoms with Crippen LogP contribution in [0.4, 0.5) is 11.8 Å². The summed E-state index contributed by atoms with van der Waals surface area (Å²) in [6, 6.07) is 8.85. The van der Waals surface area contributed by atoms with Gasteiger partial charge in [-0.25, -0.2) is 4.98 Å². The number of hydrogen-bond donors (Lipinski definition) is 1. The van der Waals surface area contributed by atoms with Crippen LogP contribution in [0.25, 0.3) is 0 Å². The number of aryl methyl sites for hydroxylation is 1. The molecule has 0 atom stereocenters. The molecule has 0 aliphatic carbocycles. The summed E-state index contributed by atoms with van der Waals surface area (Å²) < 4.78 is 5.23. The van der Waals surface area contributed by atoms with Crippen LogP contribution < -0.4 is 5.32 Å². The normalized spacial score (nSPS) is 10.6. The lowest BCUT2D eigenvalue weighted by atomic mass is 10.0. The fourth-order valence-corrected chi connectivity index (χ4v) is 2.82. The van der Waals surface area contributed by atoms with E-state index in [1.54, 1.807) is 36.5 Å². The molecule has 122 valence electrons. The van der Waals surface area contributed by atoms with Crippen LogP contribution in [0, 0.1) is 6.92 Å². The lowest BCUT2D eigenvalue weighted by Gasteiger charge is -2.07. The summed E-state index contributed by atoms with van der Waals surface area (Å²) in [6.07, 6.45) is 3.30. The Bertz CT molecular complexity index is 873. The van der Waals surface area contributed by atoms with Gasteiger partial charge in [-0.05, 0) is 36.8 Å². The van der Waals surface area contributed by atoms with Gasteiger partial charge in [0.05, 0.1) is 21.3 Å². The third-order valence-electron chi connectivity index (χ3n) is 3.28. The summed E-state index contributed by atoms with van der Waals surface area (Å²) in [5.41, 5.74) is 1.87. The summed E-state index contributed by atoms with van der Waals surface area (Å²) in [5.74, 6) is 0.377. The number of carbonyl (C=O) groups is 1. The van der Waals surface area contributed by atoms with Crippen LogP contribution in [0.5, 0.6) is 0 Å². The predicted octanol–water partition coefficient (Wildman–Crippen LogP) is 4.85. The van der Waals surface area contributed by atoms with Crippen LogP contribution in [0.15, 0.2) is 47.2 Å². The van der Waals surface area contributed by atoms with Crippen molar-refractivity contribution in [2.24, 2.45) is 0 Å². The van der Waals surface area contributed by atoms with Crippen molar-refractivity contribution >= 4 is 40.8 Å². The molecule has 0 radical (unpaired) electrons. The van der Waals surface area contributed by atoms with Crippen LogP contribution in [0.3, 0.4) is 0 Å².